The predicted octanol–water partition coefficient (Wildman–Crippen LogP) is -3.26. The predicted molar refractivity (Wildman–Crippen MR) is 81.4 cm³/mol. The zero-order valence-corrected chi connectivity index (χ0v) is 18.0. The van der Waals surface area contributed by atoms with Gasteiger partial charge < -0.3 is 21.3 Å². The van der Waals surface area contributed by atoms with E-state index in [1.807, 2.05) is 0 Å². The second-order valence-corrected chi connectivity index (χ2v) is 5.29. The van der Waals surface area contributed by atoms with Crippen molar-refractivity contribution in [1.82, 2.24) is 0 Å². The van der Waals surface area contributed by atoms with Crippen molar-refractivity contribution in [1.29, 1.82) is 0 Å². The summed E-state index contributed by atoms with van der Waals surface area (Å²) in [4.78, 5) is 20.0. The van der Waals surface area contributed by atoms with Crippen molar-refractivity contribution in [2.24, 2.45) is 0 Å². The van der Waals surface area contributed by atoms with Gasteiger partial charge in [0, 0.05) is 0 Å². The normalized spacial score (nSPS) is 10.6. The third-order valence-electron chi connectivity index (χ3n) is 1.46. The van der Waals surface area contributed by atoms with E-state index in [1.54, 1.807) is 0 Å². The van der Waals surface area contributed by atoms with Crippen LogP contribution in [0.4, 0.5) is 0 Å². The molecular formula is C15H26ClCrN2O8. The van der Waals surface area contributed by atoms with E-state index in [-0.39, 0.29) is 40.4 Å². The summed E-state index contributed by atoms with van der Waals surface area (Å²) in [7, 11) is -4.94. The van der Waals surface area contributed by atoms with Crippen molar-refractivity contribution < 1.29 is 66.0 Å². The first-order chi connectivity index (χ1) is 11.7. The molecule has 0 aliphatic heterocycles. The summed E-state index contributed by atoms with van der Waals surface area (Å²) in [5.41, 5.74) is 6.69. The molecule has 0 aromatic carbocycles. The molecule has 0 saturated heterocycles. The molecule has 0 aromatic rings. The van der Waals surface area contributed by atoms with Crippen molar-refractivity contribution in [3.05, 3.63) is 34.7 Å². The number of carbonyl (C=O) groups excluding carboxylic acids is 2. The van der Waals surface area contributed by atoms with Gasteiger partial charge in [-0.15, -0.1) is 28.3 Å². The van der Waals surface area contributed by atoms with Gasteiger partial charge in [-0.25, -0.2) is 18.6 Å². The van der Waals surface area contributed by atoms with E-state index in [2.05, 4.69) is 12.2 Å². The molecule has 0 aromatic heterocycles. The molecule has 1 N–H and O–H groups in total. The van der Waals surface area contributed by atoms with E-state index < -0.39 is 10.2 Å². The topological polar surface area (TPSA) is 210 Å². The van der Waals surface area contributed by atoms with Crippen LogP contribution in [0.5, 0.6) is 0 Å². The molecule has 10 nitrogen and oxygen atoms in total. The number of ketones is 2. The third kappa shape index (κ3) is 109. The Bertz CT molecular complexity index is 381. The Balaban J connectivity index is -0.0000000793. The van der Waals surface area contributed by atoms with Crippen LogP contribution < -0.4 is 28.8 Å². The van der Waals surface area contributed by atoms with Gasteiger partial charge >= 0.3 is 17.4 Å². The first kappa shape index (κ1) is 36.9. The van der Waals surface area contributed by atoms with Gasteiger partial charge in [0.25, 0.3) is 0 Å². The first-order valence-corrected chi connectivity index (χ1v) is 8.52. The summed E-state index contributed by atoms with van der Waals surface area (Å²) >= 11 is 0. The van der Waals surface area contributed by atoms with Gasteiger partial charge in [-0.2, -0.15) is 13.1 Å². The fraction of sp³-hybridized carbons (Fsp3) is 0.600. The van der Waals surface area contributed by atoms with E-state index in [4.69, 9.17) is 24.4 Å². The van der Waals surface area contributed by atoms with Crippen LogP contribution in [-0.4, -0.2) is 31.2 Å². The summed E-state index contributed by atoms with van der Waals surface area (Å²) in [5.74, 6) is -0.750. The average Bonchev–Trinajstić information content (AvgIpc) is 2.35. The molecule has 0 saturated carbocycles. The number of nitrogens with zero attached hydrogens (tertiary/aromatic N) is 1. The third-order valence-corrected chi connectivity index (χ3v) is 1.46. The molecule has 0 aliphatic carbocycles. The fourth-order valence-electron chi connectivity index (χ4n) is 0.921. The standard InChI is InChI=1S/C5H12N2.2C5H8O2.ClHO4.Cr/c1-2-4-7-5-3-6;2*1-4(6)3-5(2)7;2-1(3,4)5;/h6H,2-5H2,1H3;2*3,6H,1-2H3;(H,2,3,4,5);/q-2;;;;+5/p-3/b;2*4-3-;;. The van der Waals surface area contributed by atoms with E-state index in [0.29, 0.717) is 13.1 Å². The molecule has 0 aliphatic rings. The van der Waals surface area contributed by atoms with Crippen molar-refractivity contribution in [3.8, 4) is 0 Å². The van der Waals surface area contributed by atoms with Crippen LogP contribution in [0.25, 0.3) is 11.1 Å². The Labute approximate surface area is 173 Å². The molecule has 0 atom stereocenters. The van der Waals surface area contributed by atoms with Gasteiger partial charge in [0.2, 0.25) is 0 Å². The molecule has 0 amide bonds. The van der Waals surface area contributed by atoms with Crippen LogP contribution in [0.2, 0.25) is 0 Å². The number of carbonyl (C=O) groups is 2. The maximum Gasteiger partial charge on any atom is 5.00 e. The number of hydrogen-bond donors (Lipinski definition) is 0. The smallest absolute Gasteiger partial charge is 0.876 e. The fourth-order valence-corrected chi connectivity index (χ4v) is 0.921. The van der Waals surface area contributed by atoms with Gasteiger partial charge in [0.1, 0.15) is 0 Å². The molecule has 0 fully saturated rings. The van der Waals surface area contributed by atoms with Crippen LogP contribution in [0.1, 0.15) is 41.0 Å². The maximum atomic E-state index is 9.98. The molecule has 0 spiro atoms. The molecule has 0 bridgehead atoms. The van der Waals surface area contributed by atoms with Gasteiger partial charge in [-0.05, 0) is 26.0 Å². The summed E-state index contributed by atoms with van der Waals surface area (Å²) in [5, 5.41) is 24.0. The van der Waals surface area contributed by atoms with E-state index in [1.165, 1.54) is 27.7 Å². The quantitative estimate of drug-likeness (QED) is 0.227. The Morgan fingerprint density at radius 2 is 1.19 bits per heavy atom. The molecule has 0 unspecified atom stereocenters. The zero-order chi connectivity index (χ0) is 21.8. The van der Waals surface area contributed by atoms with E-state index in [0.717, 1.165) is 25.1 Å². The van der Waals surface area contributed by atoms with Crippen molar-refractivity contribution in [2.75, 3.05) is 19.6 Å². The monoisotopic (exact) mass is 449 g/mol. The second-order valence-electron chi connectivity index (χ2n) is 4.53. The molecule has 157 valence electrons. The number of nitrogens with one attached hydrogen (secondary N) is 1. The number of rotatable bonds is 6. The van der Waals surface area contributed by atoms with Crippen molar-refractivity contribution in [3.63, 3.8) is 0 Å². The Hall–Kier alpha value is -0.998. The summed E-state index contributed by atoms with van der Waals surface area (Å²) in [6.07, 6.45) is 3.22. The molecule has 12 heteroatoms. The first-order valence-electron chi connectivity index (χ1n) is 7.28. The SMILES string of the molecule is CC(=O)/C=C(/C)[O-].CC(=O)/C=C(/C)[O-].CCC[N-]CC[NH-].[Cr+5].[O-][Cl+3]([O-])([O-])[O-]. The van der Waals surface area contributed by atoms with Crippen molar-refractivity contribution >= 4 is 11.6 Å². The summed E-state index contributed by atoms with van der Waals surface area (Å²) in [6.45, 7) is 9.58. The molecule has 0 rings (SSSR count). The minimum absolute atomic E-state index is 0. The number of halogens is 1. The van der Waals surface area contributed by atoms with Crippen molar-refractivity contribution in [2.45, 2.75) is 41.0 Å². The zero-order valence-electron chi connectivity index (χ0n) is 16.0. The molecule has 1 radical (unpaired) electrons. The van der Waals surface area contributed by atoms with Crippen LogP contribution in [-0.2, 0) is 27.0 Å². The van der Waals surface area contributed by atoms with E-state index >= 15 is 0 Å². The van der Waals surface area contributed by atoms with E-state index in [9.17, 15) is 19.8 Å². The number of hydrogen-bond acceptors (Lipinski definition) is 8. The van der Waals surface area contributed by atoms with Gasteiger partial charge in [0.15, 0.2) is 11.6 Å². The summed E-state index contributed by atoms with van der Waals surface area (Å²) in [6, 6.07) is 0. The van der Waals surface area contributed by atoms with Crippen LogP contribution in [0.15, 0.2) is 23.7 Å². The van der Waals surface area contributed by atoms with Crippen LogP contribution in [0.3, 0.4) is 0 Å². The molecular weight excluding hydrogens is 424 g/mol. The van der Waals surface area contributed by atoms with Gasteiger partial charge in [-0.3, -0.25) is 9.59 Å². The van der Waals surface area contributed by atoms with Crippen LogP contribution >= 0.6 is 0 Å². The minimum atomic E-state index is -4.94. The molecule has 0 heterocycles. The average molecular weight is 450 g/mol. The largest absolute Gasteiger partial charge is 5.00 e. The summed E-state index contributed by atoms with van der Waals surface area (Å²) < 4.78 is 34.0. The van der Waals surface area contributed by atoms with Crippen LogP contribution in [0, 0.1) is 10.2 Å². The maximum absolute atomic E-state index is 9.98. The second kappa shape index (κ2) is 25.0. The molecule has 27 heavy (non-hydrogen) atoms. The Morgan fingerprint density at radius 3 is 1.30 bits per heavy atom. The number of allylic oxidation sites excluding steroid dienone is 4. The Kier molecular flexibility index (Phi) is 34.1. The minimum Gasteiger partial charge on any atom is -0.876 e. The van der Waals surface area contributed by atoms with Gasteiger partial charge in [-0.1, -0.05) is 27.2 Å². The van der Waals surface area contributed by atoms with Gasteiger partial charge in [0.05, 0.1) is 0 Å². The Morgan fingerprint density at radius 1 is 0.889 bits per heavy atom.